The highest BCUT2D eigenvalue weighted by atomic mass is 16.4. The topological polar surface area (TPSA) is 220 Å². The summed E-state index contributed by atoms with van der Waals surface area (Å²) in [6, 6.07) is -5.07. The lowest BCUT2D eigenvalue weighted by atomic mass is 10.0. The Morgan fingerprint density at radius 1 is 1.03 bits per heavy atom. The summed E-state index contributed by atoms with van der Waals surface area (Å²) >= 11 is 0. The van der Waals surface area contributed by atoms with Crippen molar-refractivity contribution in [2.24, 2.45) is 11.7 Å². The molecule has 1 rings (SSSR count). The minimum Gasteiger partial charge on any atom is -0.480 e. The molecule has 0 aliphatic heterocycles. The highest BCUT2D eigenvalue weighted by molar-refractivity contribution is 5.94. The molecule has 0 radical (unpaired) electrons. The number of imidazole rings is 1. The fraction of sp³-hybridized carbons (Fsp3) is 0.588. The molecule has 0 aliphatic rings. The third kappa shape index (κ3) is 7.42. The zero-order valence-corrected chi connectivity index (χ0v) is 16.7. The van der Waals surface area contributed by atoms with Gasteiger partial charge in [-0.15, -0.1) is 0 Å². The number of aliphatic carboxylic acids is 1. The van der Waals surface area contributed by atoms with Gasteiger partial charge in [0.2, 0.25) is 17.7 Å². The summed E-state index contributed by atoms with van der Waals surface area (Å²) in [6.07, 6.45) is 2.83. The van der Waals surface area contributed by atoms with Crippen LogP contribution in [0.25, 0.3) is 0 Å². The molecule has 13 heteroatoms. The summed E-state index contributed by atoms with van der Waals surface area (Å²) in [4.78, 5) is 55.0. The van der Waals surface area contributed by atoms with Crippen LogP contribution in [0, 0.1) is 5.92 Å². The van der Waals surface area contributed by atoms with Gasteiger partial charge >= 0.3 is 5.97 Å². The van der Waals surface area contributed by atoms with Crippen molar-refractivity contribution in [3.63, 3.8) is 0 Å². The number of H-pyrrole nitrogens is 1. The van der Waals surface area contributed by atoms with E-state index in [0.717, 1.165) is 0 Å². The summed E-state index contributed by atoms with van der Waals surface area (Å²) < 4.78 is 0. The van der Waals surface area contributed by atoms with Crippen LogP contribution in [0.3, 0.4) is 0 Å². The minimum absolute atomic E-state index is 0.00343. The Kier molecular flexibility index (Phi) is 9.88. The van der Waals surface area contributed by atoms with E-state index in [1.165, 1.54) is 12.5 Å². The number of nitrogens with two attached hydrogens (primary N) is 1. The number of carboxylic acid groups (broad SMARTS) is 1. The van der Waals surface area contributed by atoms with Gasteiger partial charge in [0.15, 0.2) is 0 Å². The highest BCUT2D eigenvalue weighted by Gasteiger charge is 2.32. The molecule has 0 spiro atoms. The minimum atomic E-state index is -1.53. The van der Waals surface area contributed by atoms with Crippen LogP contribution in [-0.4, -0.2) is 86.4 Å². The number of carbonyl (C=O) groups is 4. The second-order valence-corrected chi connectivity index (χ2v) is 6.94. The summed E-state index contributed by atoms with van der Waals surface area (Å²) in [5.74, 6) is -4.17. The molecule has 0 fully saturated rings. The molecule has 0 aliphatic carbocycles. The number of carboxylic acids is 1. The number of aromatic nitrogens is 2. The zero-order valence-electron chi connectivity index (χ0n) is 16.7. The quantitative estimate of drug-likeness (QED) is 0.165. The van der Waals surface area contributed by atoms with E-state index < -0.39 is 67.0 Å². The molecule has 1 heterocycles. The third-order valence-electron chi connectivity index (χ3n) is 4.19. The van der Waals surface area contributed by atoms with Crippen molar-refractivity contribution < 1.29 is 34.5 Å². The fourth-order valence-electron chi connectivity index (χ4n) is 2.42. The molecule has 1 aromatic heterocycles. The molecule has 168 valence electrons. The maximum atomic E-state index is 12.8. The Bertz CT molecular complexity index is 724. The van der Waals surface area contributed by atoms with E-state index in [0.29, 0.717) is 5.69 Å². The number of carbonyl (C=O) groups excluding carboxylic acids is 3. The predicted molar refractivity (Wildman–Crippen MR) is 103 cm³/mol. The van der Waals surface area contributed by atoms with E-state index in [2.05, 4.69) is 25.9 Å². The van der Waals surface area contributed by atoms with E-state index in [1.807, 2.05) is 0 Å². The van der Waals surface area contributed by atoms with E-state index in [4.69, 9.17) is 21.1 Å². The fourth-order valence-corrected chi connectivity index (χ4v) is 2.42. The van der Waals surface area contributed by atoms with Gasteiger partial charge in [0.25, 0.3) is 0 Å². The summed E-state index contributed by atoms with van der Waals surface area (Å²) in [7, 11) is 0. The van der Waals surface area contributed by atoms with Gasteiger partial charge in [0.1, 0.15) is 24.2 Å². The van der Waals surface area contributed by atoms with Crippen LogP contribution in [0.5, 0.6) is 0 Å². The molecule has 3 amide bonds. The maximum absolute atomic E-state index is 12.8. The van der Waals surface area contributed by atoms with E-state index in [9.17, 15) is 19.2 Å². The van der Waals surface area contributed by atoms with Gasteiger partial charge < -0.3 is 42.0 Å². The van der Waals surface area contributed by atoms with Gasteiger partial charge in [-0.2, -0.15) is 0 Å². The number of aromatic amines is 1. The number of aliphatic hydroxyl groups is 2. The third-order valence-corrected chi connectivity index (χ3v) is 4.19. The molecule has 1 aromatic rings. The van der Waals surface area contributed by atoms with Crippen LogP contribution in [-0.2, 0) is 25.6 Å². The van der Waals surface area contributed by atoms with Crippen molar-refractivity contribution in [2.75, 3.05) is 13.2 Å². The van der Waals surface area contributed by atoms with Crippen molar-refractivity contribution in [1.82, 2.24) is 25.9 Å². The van der Waals surface area contributed by atoms with Gasteiger partial charge in [-0.05, 0) is 5.92 Å². The van der Waals surface area contributed by atoms with Crippen LogP contribution >= 0.6 is 0 Å². The number of hydrogen-bond acceptors (Lipinski definition) is 8. The van der Waals surface area contributed by atoms with Gasteiger partial charge in [-0.25, -0.2) is 9.78 Å². The highest BCUT2D eigenvalue weighted by Crippen LogP contribution is 2.06. The van der Waals surface area contributed by atoms with Gasteiger partial charge in [-0.1, -0.05) is 13.8 Å². The lowest BCUT2D eigenvalue weighted by molar-refractivity contribution is -0.143. The van der Waals surface area contributed by atoms with Crippen molar-refractivity contribution in [3.8, 4) is 0 Å². The van der Waals surface area contributed by atoms with Crippen LogP contribution in [0.4, 0.5) is 0 Å². The van der Waals surface area contributed by atoms with E-state index in [-0.39, 0.29) is 6.42 Å². The van der Waals surface area contributed by atoms with Crippen molar-refractivity contribution >= 4 is 23.7 Å². The van der Waals surface area contributed by atoms with E-state index >= 15 is 0 Å². The van der Waals surface area contributed by atoms with Crippen molar-refractivity contribution in [1.29, 1.82) is 0 Å². The Hall–Kier alpha value is -3.03. The van der Waals surface area contributed by atoms with Crippen LogP contribution < -0.4 is 21.7 Å². The van der Waals surface area contributed by atoms with E-state index in [1.54, 1.807) is 13.8 Å². The molecular formula is C17H28N6O7. The molecule has 0 aromatic carbocycles. The van der Waals surface area contributed by atoms with Crippen molar-refractivity contribution in [2.45, 2.75) is 44.4 Å². The summed E-state index contributed by atoms with van der Waals surface area (Å²) in [5, 5.41) is 34.1. The van der Waals surface area contributed by atoms with Crippen LogP contribution in [0.1, 0.15) is 19.5 Å². The monoisotopic (exact) mass is 428 g/mol. The summed E-state index contributed by atoms with van der Waals surface area (Å²) in [6.45, 7) is 1.81. The normalized spacial score (nSPS) is 15.0. The lowest BCUT2D eigenvalue weighted by Gasteiger charge is -2.26. The first kappa shape index (κ1) is 25.0. The van der Waals surface area contributed by atoms with Crippen LogP contribution in [0.15, 0.2) is 12.5 Å². The summed E-state index contributed by atoms with van der Waals surface area (Å²) in [5.41, 5.74) is 6.00. The molecule has 0 saturated heterocycles. The molecule has 30 heavy (non-hydrogen) atoms. The molecule has 0 bridgehead atoms. The molecule has 4 unspecified atom stereocenters. The lowest BCUT2D eigenvalue weighted by Crippen LogP contribution is -2.59. The average molecular weight is 428 g/mol. The number of nitrogens with one attached hydrogen (secondary N) is 4. The van der Waals surface area contributed by atoms with Gasteiger partial charge in [-0.3, -0.25) is 14.4 Å². The predicted octanol–water partition coefficient (Wildman–Crippen LogP) is -3.54. The van der Waals surface area contributed by atoms with Gasteiger partial charge in [0, 0.05) is 18.3 Å². The average Bonchev–Trinajstić information content (AvgIpc) is 3.21. The number of aliphatic hydroxyl groups excluding tert-OH is 2. The number of nitrogens with zero attached hydrogens (tertiary/aromatic N) is 1. The second kappa shape index (κ2) is 11.8. The largest absolute Gasteiger partial charge is 0.480 e. The van der Waals surface area contributed by atoms with Crippen LogP contribution in [0.2, 0.25) is 0 Å². The SMILES string of the molecule is CC(C)C(NC(=O)C(Cc1cnc[nH]1)NC(=O)C(N)CO)C(=O)NC(CO)C(=O)O. The smallest absolute Gasteiger partial charge is 0.328 e. The number of amides is 3. The molecule has 9 N–H and O–H groups in total. The molecule has 13 nitrogen and oxygen atoms in total. The molecule has 4 atom stereocenters. The molecular weight excluding hydrogens is 400 g/mol. The van der Waals surface area contributed by atoms with Gasteiger partial charge in [0.05, 0.1) is 19.5 Å². The Balaban J connectivity index is 2.97. The first-order valence-electron chi connectivity index (χ1n) is 9.19. The second-order valence-electron chi connectivity index (χ2n) is 6.94. The first-order chi connectivity index (χ1) is 14.1. The Morgan fingerprint density at radius 3 is 2.13 bits per heavy atom. The van der Waals surface area contributed by atoms with Crippen molar-refractivity contribution in [3.05, 3.63) is 18.2 Å². The Labute approximate surface area is 172 Å². The zero-order chi connectivity index (χ0) is 22.8. The molecule has 0 saturated carbocycles. The Morgan fingerprint density at radius 2 is 1.67 bits per heavy atom. The standard InChI is InChI=1S/C17H28N6O7/c1-8(2)13(16(28)22-12(6-25)17(29)30)23-15(27)11(3-9-4-19-7-20-9)21-14(26)10(18)5-24/h4,7-8,10-13,24-25H,3,5-6,18H2,1-2H3,(H,19,20)(H,21,26)(H,22,28)(H,23,27)(H,29,30). The maximum Gasteiger partial charge on any atom is 0.328 e. The number of rotatable bonds is 12. The first-order valence-corrected chi connectivity index (χ1v) is 9.19. The number of hydrogen-bond donors (Lipinski definition) is 8.